The van der Waals surface area contributed by atoms with Gasteiger partial charge in [-0.2, -0.15) is 0 Å². The highest BCUT2D eigenvalue weighted by Gasteiger charge is 2.20. The average Bonchev–Trinajstić information content (AvgIpc) is 2.39. The Balaban J connectivity index is 2.86. The minimum absolute atomic E-state index is 0.0254. The fourth-order valence-corrected chi connectivity index (χ4v) is 1.29. The zero-order valence-corrected chi connectivity index (χ0v) is 6.85. The monoisotopic (exact) mass is 178 g/mol. The van der Waals surface area contributed by atoms with Gasteiger partial charge in [0, 0.05) is 13.1 Å². The molecule has 5 heteroatoms. The second-order valence-electron chi connectivity index (χ2n) is 2.64. The van der Waals surface area contributed by atoms with Gasteiger partial charge in [0.25, 0.3) is 0 Å². The quantitative estimate of drug-likeness (QED) is 0.495. The molecule has 2 aromatic heterocycles. The Bertz CT molecular complexity index is 475. The first kappa shape index (κ1) is 7.72. The van der Waals surface area contributed by atoms with Gasteiger partial charge >= 0.3 is 5.69 Å². The lowest BCUT2D eigenvalue weighted by Crippen LogP contribution is -1.87. The summed E-state index contributed by atoms with van der Waals surface area (Å²) in [4.78, 5) is 14.0. The van der Waals surface area contributed by atoms with E-state index in [0.717, 1.165) is 0 Å². The molecule has 0 aromatic carbocycles. The van der Waals surface area contributed by atoms with Gasteiger partial charge in [-0.25, -0.2) is 0 Å². The van der Waals surface area contributed by atoms with Gasteiger partial charge in [-0.05, 0) is 6.07 Å². The number of hydrogen-bond acceptors (Lipinski definition) is 4. The van der Waals surface area contributed by atoms with E-state index in [-0.39, 0.29) is 5.69 Å². The van der Waals surface area contributed by atoms with Crippen molar-refractivity contribution in [2.24, 2.45) is 0 Å². The average molecular weight is 178 g/mol. The van der Waals surface area contributed by atoms with Gasteiger partial charge in [-0.15, -0.1) is 0 Å². The molecule has 0 aliphatic rings. The molecule has 5 nitrogen and oxygen atoms in total. The molecule has 0 saturated carbocycles. The summed E-state index contributed by atoms with van der Waals surface area (Å²) < 4.78 is 5.16. The number of aryl methyl sites for hydroxylation is 1. The highest BCUT2D eigenvalue weighted by atomic mass is 16.6. The van der Waals surface area contributed by atoms with Crippen molar-refractivity contribution in [3.05, 3.63) is 34.3 Å². The van der Waals surface area contributed by atoms with Crippen LogP contribution in [0.5, 0.6) is 0 Å². The summed E-state index contributed by atoms with van der Waals surface area (Å²) in [6.45, 7) is 1.57. The van der Waals surface area contributed by atoms with Gasteiger partial charge in [0.15, 0.2) is 11.3 Å². The number of hydrogen-bond donors (Lipinski definition) is 0. The van der Waals surface area contributed by atoms with Crippen LogP contribution in [0, 0.1) is 17.0 Å². The Morgan fingerprint density at radius 1 is 1.62 bits per heavy atom. The fraction of sp³-hybridized carbons (Fsp3) is 0.125. The van der Waals surface area contributed by atoms with Crippen LogP contribution in [0.3, 0.4) is 0 Å². The third kappa shape index (κ3) is 1.05. The van der Waals surface area contributed by atoms with Crippen molar-refractivity contribution in [3.63, 3.8) is 0 Å². The molecule has 0 unspecified atom stereocenters. The summed E-state index contributed by atoms with van der Waals surface area (Å²) in [5.74, 6) is 0.313. The predicted octanol–water partition coefficient (Wildman–Crippen LogP) is 2.04. The minimum Gasteiger partial charge on any atom is -0.452 e. The summed E-state index contributed by atoms with van der Waals surface area (Å²) >= 11 is 0. The number of aromatic nitrogens is 1. The Kier molecular flexibility index (Phi) is 1.51. The zero-order valence-electron chi connectivity index (χ0n) is 6.85. The van der Waals surface area contributed by atoms with Gasteiger partial charge in [0.2, 0.25) is 0 Å². The van der Waals surface area contributed by atoms with E-state index in [1.807, 2.05) is 0 Å². The van der Waals surface area contributed by atoms with E-state index in [9.17, 15) is 10.1 Å². The number of nitro groups is 1. The largest absolute Gasteiger partial charge is 0.452 e. The molecule has 0 amide bonds. The summed E-state index contributed by atoms with van der Waals surface area (Å²) in [5.41, 5.74) is 0.476. The smallest absolute Gasteiger partial charge is 0.318 e. The highest BCUT2D eigenvalue weighted by Crippen LogP contribution is 2.30. The summed E-state index contributed by atoms with van der Waals surface area (Å²) in [6.07, 6.45) is 2.97. The van der Waals surface area contributed by atoms with E-state index in [0.29, 0.717) is 16.7 Å². The predicted molar refractivity (Wildman–Crippen MR) is 45.4 cm³/mol. The Morgan fingerprint density at radius 2 is 2.38 bits per heavy atom. The molecule has 0 saturated heterocycles. The van der Waals surface area contributed by atoms with Crippen molar-refractivity contribution in [1.82, 2.24) is 4.98 Å². The lowest BCUT2D eigenvalue weighted by molar-refractivity contribution is -0.384. The molecular formula is C8H6N2O3. The maximum Gasteiger partial charge on any atom is 0.318 e. The van der Waals surface area contributed by atoms with Crippen LogP contribution in [-0.4, -0.2) is 9.91 Å². The van der Waals surface area contributed by atoms with E-state index in [4.69, 9.17) is 4.42 Å². The molecule has 0 spiro atoms. The van der Waals surface area contributed by atoms with Gasteiger partial charge in [-0.3, -0.25) is 15.1 Å². The lowest BCUT2D eigenvalue weighted by atomic mass is 10.3. The molecule has 0 fully saturated rings. The van der Waals surface area contributed by atoms with Crippen molar-refractivity contribution in [1.29, 1.82) is 0 Å². The van der Waals surface area contributed by atoms with E-state index >= 15 is 0 Å². The van der Waals surface area contributed by atoms with E-state index < -0.39 is 4.92 Å². The fourth-order valence-electron chi connectivity index (χ4n) is 1.29. The molecule has 0 aliphatic heterocycles. The number of pyridine rings is 1. The molecule has 66 valence electrons. The third-order valence-corrected chi connectivity index (χ3v) is 1.82. The third-order valence-electron chi connectivity index (χ3n) is 1.82. The maximum atomic E-state index is 10.6. The lowest BCUT2D eigenvalue weighted by Gasteiger charge is -1.86. The van der Waals surface area contributed by atoms with Crippen LogP contribution in [0.2, 0.25) is 0 Å². The van der Waals surface area contributed by atoms with Crippen molar-refractivity contribution in [2.75, 3.05) is 0 Å². The molecule has 2 rings (SSSR count). The van der Waals surface area contributed by atoms with Crippen LogP contribution in [0.25, 0.3) is 11.0 Å². The van der Waals surface area contributed by atoms with Crippen molar-refractivity contribution in [2.45, 2.75) is 6.92 Å². The van der Waals surface area contributed by atoms with E-state index in [2.05, 4.69) is 4.98 Å². The minimum atomic E-state index is -0.443. The van der Waals surface area contributed by atoms with Gasteiger partial charge < -0.3 is 4.42 Å². The molecule has 13 heavy (non-hydrogen) atoms. The molecule has 0 bridgehead atoms. The number of furan rings is 1. The number of nitrogens with zero attached hydrogens (tertiary/aromatic N) is 2. The van der Waals surface area contributed by atoms with E-state index in [1.165, 1.54) is 12.4 Å². The second-order valence-corrected chi connectivity index (χ2v) is 2.64. The Labute approximate surface area is 73.1 Å². The first-order chi connectivity index (χ1) is 6.20. The Morgan fingerprint density at radius 3 is 3.08 bits per heavy atom. The zero-order chi connectivity index (χ0) is 9.42. The van der Waals surface area contributed by atoms with Crippen LogP contribution in [0.4, 0.5) is 5.69 Å². The number of fused-ring (bicyclic) bond motifs is 1. The Hall–Kier alpha value is -1.91. The SMILES string of the molecule is Cc1oc2cnccc2c1[N+](=O)[O-]. The molecule has 0 atom stereocenters. The van der Waals surface area contributed by atoms with Crippen LogP contribution >= 0.6 is 0 Å². The normalized spacial score (nSPS) is 10.5. The molecule has 0 N–H and O–H groups in total. The molecule has 2 heterocycles. The van der Waals surface area contributed by atoms with Gasteiger partial charge in [0.05, 0.1) is 11.1 Å². The highest BCUT2D eigenvalue weighted by molar-refractivity contribution is 5.87. The maximum absolute atomic E-state index is 10.6. The standard InChI is InChI=1S/C8H6N2O3/c1-5-8(10(11)12)6-2-3-9-4-7(6)13-5/h2-4H,1H3. The van der Waals surface area contributed by atoms with Gasteiger partial charge in [-0.1, -0.05) is 0 Å². The first-order valence-corrected chi connectivity index (χ1v) is 3.67. The first-order valence-electron chi connectivity index (χ1n) is 3.67. The van der Waals surface area contributed by atoms with Crippen molar-refractivity contribution >= 4 is 16.7 Å². The molecule has 0 aliphatic carbocycles. The molecule has 2 aromatic rings. The summed E-state index contributed by atoms with van der Waals surface area (Å²) in [5, 5.41) is 11.1. The van der Waals surface area contributed by atoms with Crippen LogP contribution in [0.15, 0.2) is 22.9 Å². The summed E-state index contributed by atoms with van der Waals surface area (Å²) in [6, 6.07) is 1.57. The second kappa shape index (κ2) is 2.55. The van der Waals surface area contributed by atoms with Crippen molar-refractivity contribution in [3.8, 4) is 0 Å². The molecular weight excluding hydrogens is 172 g/mol. The van der Waals surface area contributed by atoms with Crippen molar-refractivity contribution < 1.29 is 9.34 Å². The van der Waals surface area contributed by atoms with Gasteiger partial charge in [0.1, 0.15) is 5.39 Å². The van der Waals surface area contributed by atoms with Crippen LogP contribution in [0.1, 0.15) is 5.76 Å². The van der Waals surface area contributed by atoms with Crippen LogP contribution in [-0.2, 0) is 0 Å². The van der Waals surface area contributed by atoms with Crippen LogP contribution < -0.4 is 0 Å². The number of rotatable bonds is 1. The molecule has 0 radical (unpaired) electrons. The summed E-state index contributed by atoms with van der Waals surface area (Å²) in [7, 11) is 0. The van der Waals surface area contributed by atoms with E-state index in [1.54, 1.807) is 13.0 Å². The topological polar surface area (TPSA) is 69.2 Å².